The van der Waals surface area contributed by atoms with Crippen LogP contribution in [0, 0.1) is 10.6 Å². The normalized spacial score (nSPS) is 20.1. The summed E-state index contributed by atoms with van der Waals surface area (Å²) >= 11 is 5.28. The van der Waals surface area contributed by atoms with Gasteiger partial charge in [-0.15, -0.1) is 0 Å². The van der Waals surface area contributed by atoms with Crippen LogP contribution in [0.4, 0.5) is 4.39 Å². The van der Waals surface area contributed by atoms with Crippen molar-refractivity contribution in [3.8, 4) is 0 Å². The molecule has 94 valence electrons. The van der Waals surface area contributed by atoms with Crippen LogP contribution < -0.4 is 5.32 Å². The van der Waals surface area contributed by atoms with Crippen molar-refractivity contribution in [3.63, 3.8) is 0 Å². The van der Waals surface area contributed by atoms with Crippen LogP contribution in [-0.4, -0.2) is 22.0 Å². The number of hydrogen-bond acceptors (Lipinski definition) is 2. The van der Waals surface area contributed by atoms with E-state index in [9.17, 15) is 9.18 Å². The number of carbonyl (C=O) groups excluding carboxylic acids is 1. The SMILES string of the molecule is O=C1CCC(n2c(=S)[nH]c3cc(F)ccc32)CN1. The highest BCUT2D eigenvalue weighted by molar-refractivity contribution is 7.71. The molecule has 1 aliphatic rings. The number of piperidine rings is 1. The number of rotatable bonds is 1. The zero-order chi connectivity index (χ0) is 12.7. The predicted molar refractivity (Wildman–Crippen MR) is 68.4 cm³/mol. The molecule has 0 saturated carbocycles. The van der Waals surface area contributed by atoms with E-state index in [0.717, 1.165) is 11.9 Å². The Kier molecular flexibility index (Phi) is 2.66. The number of carbonyl (C=O) groups is 1. The van der Waals surface area contributed by atoms with Gasteiger partial charge in [-0.05, 0) is 36.8 Å². The van der Waals surface area contributed by atoms with Gasteiger partial charge in [-0.2, -0.15) is 0 Å². The highest BCUT2D eigenvalue weighted by Gasteiger charge is 2.21. The van der Waals surface area contributed by atoms with E-state index in [0.29, 0.717) is 23.3 Å². The first-order chi connectivity index (χ1) is 8.65. The first kappa shape index (κ1) is 11.4. The molecule has 1 aromatic heterocycles. The minimum atomic E-state index is -0.289. The number of fused-ring (bicyclic) bond motifs is 1. The Bertz CT molecular complexity index is 666. The number of nitrogens with zero attached hydrogens (tertiary/aromatic N) is 1. The lowest BCUT2D eigenvalue weighted by molar-refractivity contribution is -0.122. The van der Waals surface area contributed by atoms with Gasteiger partial charge in [0.05, 0.1) is 17.1 Å². The molecular formula is C12H12FN3OS. The second-order valence-corrected chi connectivity index (χ2v) is 4.84. The van der Waals surface area contributed by atoms with Crippen molar-refractivity contribution in [1.82, 2.24) is 14.9 Å². The smallest absolute Gasteiger partial charge is 0.220 e. The number of imidazole rings is 1. The summed E-state index contributed by atoms with van der Waals surface area (Å²) in [5.41, 5.74) is 1.57. The summed E-state index contributed by atoms with van der Waals surface area (Å²) in [6.45, 7) is 0.567. The van der Waals surface area contributed by atoms with Crippen LogP contribution in [0.25, 0.3) is 11.0 Å². The maximum absolute atomic E-state index is 13.2. The monoisotopic (exact) mass is 265 g/mol. The molecule has 6 heteroatoms. The minimum Gasteiger partial charge on any atom is -0.354 e. The van der Waals surface area contributed by atoms with Gasteiger partial charge in [-0.25, -0.2) is 4.39 Å². The van der Waals surface area contributed by atoms with Gasteiger partial charge in [0, 0.05) is 13.0 Å². The molecule has 0 radical (unpaired) electrons. The van der Waals surface area contributed by atoms with Gasteiger partial charge in [-0.3, -0.25) is 4.79 Å². The number of H-pyrrole nitrogens is 1. The Morgan fingerprint density at radius 2 is 2.28 bits per heavy atom. The number of nitrogens with one attached hydrogen (secondary N) is 2. The first-order valence-corrected chi connectivity index (χ1v) is 6.22. The number of amides is 1. The Labute approximate surface area is 108 Å². The van der Waals surface area contributed by atoms with E-state index in [1.165, 1.54) is 12.1 Å². The largest absolute Gasteiger partial charge is 0.354 e. The fourth-order valence-electron chi connectivity index (χ4n) is 2.41. The number of benzene rings is 1. The lowest BCUT2D eigenvalue weighted by Gasteiger charge is -2.24. The summed E-state index contributed by atoms with van der Waals surface area (Å²) in [5.74, 6) is -0.216. The molecule has 0 spiro atoms. The molecule has 1 saturated heterocycles. The molecule has 1 fully saturated rings. The number of aromatic nitrogens is 2. The molecule has 3 rings (SSSR count). The van der Waals surface area contributed by atoms with Crippen LogP contribution in [0.3, 0.4) is 0 Å². The van der Waals surface area contributed by atoms with Crippen molar-refractivity contribution in [1.29, 1.82) is 0 Å². The van der Waals surface area contributed by atoms with Crippen molar-refractivity contribution in [2.24, 2.45) is 0 Å². The predicted octanol–water partition coefficient (Wildman–Crippen LogP) is 2.29. The van der Waals surface area contributed by atoms with Crippen LogP contribution in [0.2, 0.25) is 0 Å². The standard InChI is InChI=1S/C12H12FN3OS/c13-7-1-3-10-9(5-7)15-12(18)16(10)8-2-4-11(17)14-6-8/h1,3,5,8H,2,4,6H2,(H,14,17)(H,15,18). The van der Waals surface area contributed by atoms with Crippen LogP contribution in [0.15, 0.2) is 18.2 Å². The van der Waals surface area contributed by atoms with Crippen molar-refractivity contribution in [2.45, 2.75) is 18.9 Å². The highest BCUT2D eigenvalue weighted by atomic mass is 32.1. The fraction of sp³-hybridized carbons (Fsp3) is 0.333. The summed E-state index contributed by atoms with van der Waals surface area (Å²) in [7, 11) is 0. The van der Waals surface area contributed by atoms with E-state index in [-0.39, 0.29) is 17.8 Å². The van der Waals surface area contributed by atoms with Crippen LogP contribution in [-0.2, 0) is 4.79 Å². The number of halogens is 1. The Morgan fingerprint density at radius 3 is 3.00 bits per heavy atom. The van der Waals surface area contributed by atoms with Gasteiger partial charge in [0.25, 0.3) is 0 Å². The van der Waals surface area contributed by atoms with Gasteiger partial charge in [-0.1, -0.05) is 0 Å². The molecular weight excluding hydrogens is 253 g/mol. The summed E-state index contributed by atoms with van der Waals surface area (Å²) in [4.78, 5) is 14.2. The topological polar surface area (TPSA) is 49.8 Å². The average molecular weight is 265 g/mol. The third-order valence-electron chi connectivity index (χ3n) is 3.28. The van der Waals surface area contributed by atoms with Crippen molar-refractivity contribution < 1.29 is 9.18 Å². The zero-order valence-corrected chi connectivity index (χ0v) is 10.4. The Morgan fingerprint density at radius 1 is 1.44 bits per heavy atom. The minimum absolute atomic E-state index is 0.0728. The molecule has 1 unspecified atom stereocenters. The fourth-order valence-corrected chi connectivity index (χ4v) is 2.76. The quantitative estimate of drug-likeness (QED) is 0.777. The van der Waals surface area contributed by atoms with Crippen LogP contribution in [0.1, 0.15) is 18.9 Å². The molecule has 1 aliphatic heterocycles. The molecule has 2 N–H and O–H groups in total. The van der Waals surface area contributed by atoms with Crippen LogP contribution >= 0.6 is 12.2 Å². The van der Waals surface area contributed by atoms with Crippen molar-refractivity contribution >= 4 is 29.2 Å². The molecule has 1 amide bonds. The van der Waals surface area contributed by atoms with E-state index in [2.05, 4.69) is 10.3 Å². The molecule has 4 nitrogen and oxygen atoms in total. The van der Waals surface area contributed by atoms with Gasteiger partial charge in [0.15, 0.2) is 4.77 Å². The molecule has 1 aromatic carbocycles. The third-order valence-corrected chi connectivity index (χ3v) is 3.58. The molecule has 0 aliphatic carbocycles. The summed E-state index contributed by atoms with van der Waals surface area (Å²) in [6, 6.07) is 4.70. The molecule has 18 heavy (non-hydrogen) atoms. The van der Waals surface area contributed by atoms with E-state index < -0.39 is 0 Å². The van der Waals surface area contributed by atoms with Gasteiger partial charge >= 0.3 is 0 Å². The van der Waals surface area contributed by atoms with Crippen molar-refractivity contribution in [2.75, 3.05) is 6.54 Å². The van der Waals surface area contributed by atoms with Gasteiger partial charge < -0.3 is 14.9 Å². The van der Waals surface area contributed by atoms with E-state index >= 15 is 0 Å². The first-order valence-electron chi connectivity index (χ1n) is 5.81. The maximum Gasteiger partial charge on any atom is 0.220 e. The van der Waals surface area contributed by atoms with E-state index in [4.69, 9.17) is 12.2 Å². The second-order valence-electron chi connectivity index (χ2n) is 4.46. The van der Waals surface area contributed by atoms with Crippen LogP contribution in [0.5, 0.6) is 0 Å². The highest BCUT2D eigenvalue weighted by Crippen LogP contribution is 2.24. The summed E-state index contributed by atoms with van der Waals surface area (Å²) < 4.78 is 15.7. The number of hydrogen-bond donors (Lipinski definition) is 2. The zero-order valence-electron chi connectivity index (χ0n) is 9.57. The Balaban J connectivity index is 2.08. The molecule has 2 heterocycles. The summed E-state index contributed by atoms with van der Waals surface area (Å²) in [5, 5.41) is 2.83. The third kappa shape index (κ3) is 1.82. The Hall–Kier alpha value is -1.69. The number of aromatic amines is 1. The average Bonchev–Trinajstić information content (AvgIpc) is 2.65. The molecule has 1 atom stereocenters. The molecule has 2 aromatic rings. The molecule has 0 bridgehead atoms. The van der Waals surface area contributed by atoms with Gasteiger partial charge in [0.2, 0.25) is 5.91 Å². The van der Waals surface area contributed by atoms with E-state index in [1.54, 1.807) is 6.07 Å². The lowest BCUT2D eigenvalue weighted by Crippen LogP contribution is -2.36. The maximum atomic E-state index is 13.2. The van der Waals surface area contributed by atoms with Gasteiger partial charge in [0.1, 0.15) is 5.82 Å². The van der Waals surface area contributed by atoms with E-state index in [1.807, 2.05) is 4.57 Å². The summed E-state index contributed by atoms with van der Waals surface area (Å²) in [6.07, 6.45) is 1.25. The lowest BCUT2D eigenvalue weighted by atomic mass is 10.1. The second kappa shape index (κ2) is 4.20. The van der Waals surface area contributed by atoms with Crippen molar-refractivity contribution in [3.05, 3.63) is 28.8 Å².